The molecule has 0 fully saturated rings. The smallest absolute Gasteiger partial charge is 0.234 e. The number of phenolic OH excluding ortho intramolecular Hbond substituents is 1. The fourth-order valence-electron chi connectivity index (χ4n) is 1.47. The molecule has 2 rings (SSSR count). The van der Waals surface area contributed by atoms with E-state index in [1.54, 1.807) is 37.5 Å². The van der Waals surface area contributed by atoms with Gasteiger partial charge >= 0.3 is 0 Å². The van der Waals surface area contributed by atoms with Gasteiger partial charge in [0.2, 0.25) is 5.91 Å². The Kier molecular flexibility index (Phi) is 4.41. The van der Waals surface area contributed by atoms with Crippen molar-refractivity contribution in [1.29, 1.82) is 0 Å². The first-order chi connectivity index (χ1) is 9.15. The van der Waals surface area contributed by atoms with Crippen molar-refractivity contribution >= 4 is 23.4 Å². The molecule has 0 saturated heterocycles. The van der Waals surface area contributed by atoms with Crippen LogP contribution >= 0.6 is 11.8 Å². The molecule has 0 aliphatic heterocycles. The van der Waals surface area contributed by atoms with Gasteiger partial charge in [-0.25, -0.2) is 0 Å². The van der Waals surface area contributed by atoms with Crippen LogP contribution in [0.4, 0.5) is 5.69 Å². The number of aryl methyl sites for hydroxylation is 1. The molecule has 0 radical (unpaired) electrons. The van der Waals surface area contributed by atoms with Crippen molar-refractivity contribution in [2.45, 2.75) is 11.8 Å². The lowest BCUT2D eigenvalue weighted by Crippen LogP contribution is -2.13. The SMILES string of the molecule is Cc1ccc(NC(=O)CSc2ccncc2)cc1O. The van der Waals surface area contributed by atoms with E-state index in [0.717, 1.165) is 10.5 Å². The van der Waals surface area contributed by atoms with E-state index in [1.807, 2.05) is 12.1 Å². The molecule has 2 N–H and O–H groups in total. The Labute approximate surface area is 115 Å². The number of pyridine rings is 1. The number of nitrogens with one attached hydrogen (secondary N) is 1. The second kappa shape index (κ2) is 6.24. The second-order valence-corrected chi connectivity index (χ2v) is 5.07. The van der Waals surface area contributed by atoms with Gasteiger partial charge in [-0.3, -0.25) is 9.78 Å². The lowest BCUT2D eigenvalue weighted by Gasteiger charge is -2.06. The van der Waals surface area contributed by atoms with E-state index in [2.05, 4.69) is 10.3 Å². The average molecular weight is 274 g/mol. The summed E-state index contributed by atoms with van der Waals surface area (Å²) < 4.78 is 0. The summed E-state index contributed by atoms with van der Waals surface area (Å²) in [6.07, 6.45) is 3.39. The number of amides is 1. The number of aromatic nitrogens is 1. The van der Waals surface area contributed by atoms with Gasteiger partial charge in [-0.15, -0.1) is 11.8 Å². The number of thioether (sulfide) groups is 1. The maximum Gasteiger partial charge on any atom is 0.234 e. The number of benzene rings is 1. The van der Waals surface area contributed by atoms with E-state index >= 15 is 0 Å². The number of rotatable bonds is 4. The maximum absolute atomic E-state index is 11.8. The van der Waals surface area contributed by atoms with E-state index in [4.69, 9.17) is 0 Å². The number of hydrogen-bond acceptors (Lipinski definition) is 4. The Balaban J connectivity index is 1.89. The third kappa shape index (κ3) is 3.99. The number of carbonyl (C=O) groups is 1. The van der Waals surface area contributed by atoms with Crippen LogP contribution in [0.5, 0.6) is 5.75 Å². The highest BCUT2D eigenvalue weighted by molar-refractivity contribution is 8.00. The molecule has 0 atom stereocenters. The Morgan fingerprint density at radius 2 is 2.05 bits per heavy atom. The number of aromatic hydroxyl groups is 1. The molecule has 1 aromatic heterocycles. The standard InChI is InChI=1S/C14H14N2O2S/c1-10-2-3-11(8-13(10)17)16-14(18)9-19-12-4-6-15-7-5-12/h2-8,17H,9H2,1H3,(H,16,18). The molecule has 1 aromatic carbocycles. The molecule has 4 nitrogen and oxygen atoms in total. The highest BCUT2D eigenvalue weighted by Crippen LogP contribution is 2.21. The lowest BCUT2D eigenvalue weighted by molar-refractivity contribution is -0.113. The van der Waals surface area contributed by atoms with Crippen molar-refractivity contribution in [3.8, 4) is 5.75 Å². The zero-order chi connectivity index (χ0) is 13.7. The Morgan fingerprint density at radius 3 is 2.74 bits per heavy atom. The van der Waals surface area contributed by atoms with Gasteiger partial charge in [-0.2, -0.15) is 0 Å². The number of hydrogen-bond donors (Lipinski definition) is 2. The molecule has 1 amide bonds. The van der Waals surface area contributed by atoms with Gasteiger partial charge in [0.25, 0.3) is 0 Å². The van der Waals surface area contributed by atoms with Crippen LogP contribution in [0.2, 0.25) is 0 Å². The molecule has 0 aliphatic carbocycles. The molecule has 0 aliphatic rings. The zero-order valence-electron chi connectivity index (χ0n) is 10.5. The number of phenols is 1. The van der Waals surface area contributed by atoms with Crippen LogP contribution in [0.1, 0.15) is 5.56 Å². The quantitative estimate of drug-likeness (QED) is 0.842. The molecule has 1 heterocycles. The van der Waals surface area contributed by atoms with Crippen LogP contribution in [0.15, 0.2) is 47.6 Å². The minimum atomic E-state index is -0.106. The third-order valence-corrected chi connectivity index (χ3v) is 3.52. The molecular formula is C14H14N2O2S. The van der Waals surface area contributed by atoms with Crippen LogP contribution < -0.4 is 5.32 Å². The van der Waals surface area contributed by atoms with Crippen molar-refractivity contribution < 1.29 is 9.90 Å². The van der Waals surface area contributed by atoms with Crippen molar-refractivity contribution in [2.75, 3.05) is 11.1 Å². The molecule has 2 aromatic rings. The molecule has 0 bridgehead atoms. The second-order valence-electron chi connectivity index (χ2n) is 4.02. The van der Waals surface area contributed by atoms with Gasteiger partial charge in [-0.05, 0) is 30.7 Å². The third-order valence-electron chi connectivity index (χ3n) is 2.51. The van der Waals surface area contributed by atoms with Crippen LogP contribution in [0.25, 0.3) is 0 Å². The molecular weight excluding hydrogens is 260 g/mol. The first-order valence-electron chi connectivity index (χ1n) is 5.77. The first-order valence-corrected chi connectivity index (χ1v) is 6.76. The molecule has 5 heteroatoms. The number of anilines is 1. The summed E-state index contributed by atoms with van der Waals surface area (Å²) in [5, 5.41) is 12.3. The fourth-order valence-corrected chi connectivity index (χ4v) is 2.15. The lowest BCUT2D eigenvalue weighted by atomic mass is 10.2. The van der Waals surface area contributed by atoms with E-state index in [-0.39, 0.29) is 11.7 Å². The van der Waals surface area contributed by atoms with Crippen LogP contribution in [-0.2, 0) is 4.79 Å². The van der Waals surface area contributed by atoms with Crippen molar-refractivity contribution in [3.63, 3.8) is 0 Å². The van der Waals surface area contributed by atoms with Gasteiger partial charge in [0, 0.05) is 29.0 Å². The normalized spacial score (nSPS) is 10.2. The summed E-state index contributed by atoms with van der Waals surface area (Å²) in [5.41, 5.74) is 1.38. The minimum Gasteiger partial charge on any atom is -0.508 e. The highest BCUT2D eigenvalue weighted by atomic mass is 32.2. The van der Waals surface area contributed by atoms with Crippen molar-refractivity contribution in [3.05, 3.63) is 48.3 Å². The molecule has 0 unspecified atom stereocenters. The zero-order valence-corrected chi connectivity index (χ0v) is 11.3. The van der Waals surface area contributed by atoms with Crippen molar-refractivity contribution in [2.24, 2.45) is 0 Å². The maximum atomic E-state index is 11.8. The predicted molar refractivity (Wildman–Crippen MR) is 76.4 cm³/mol. The summed E-state index contributed by atoms with van der Waals surface area (Å²) in [5.74, 6) is 0.392. The predicted octanol–water partition coefficient (Wildman–Crippen LogP) is 2.83. The first kappa shape index (κ1) is 13.4. The summed E-state index contributed by atoms with van der Waals surface area (Å²) in [4.78, 5) is 16.7. The minimum absolute atomic E-state index is 0.106. The van der Waals surface area contributed by atoms with Gasteiger partial charge in [0.15, 0.2) is 0 Å². The highest BCUT2D eigenvalue weighted by Gasteiger charge is 2.05. The fraction of sp³-hybridized carbons (Fsp3) is 0.143. The Bertz CT molecular complexity index is 573. The van der Waals surface area contributed by atoms with E-state index in [9.17, 15) is 9.90 Å². The van der Waals surface area contributed by atoms with Gasteiger partial charge in [0.05, 0.1) is 5.75 Å². The van der Waals surface area contributed by atoms with Gasteiger partial charge < -0.3 is 10.4 Å². The van der Waals surface area contributed by atoms with Crippen LogP contribution in [0, 0.1) is 6.92 Å². The molecule has 0 saturated carbocycles. The molecule has 0 spiro atoms. The summed E-state index contributed by atoms with van der Waals surface area (Å²) in [6.45, 7) is 1.81. The molecule has 98 valence electrons. The molecule has 19 heavy (non-hydrogen) atoms. The topological polar surface area (TPSA) is 62.2 Å². The Hall–Kier alpha value is -2.01. The average Bonchev–Trinajstić information content (AvgIpc) is 2.42. The van der Waals surface area contributed by atoms with Crippen molar-refractivity contribution in [1.82, 2.24) is 4.98 Å². The van der Waals surface area contributed by atoms with Gasteiger partial charge in [-0.1, -0.05) is 6.07 Å². The summed E-state index contributed by atoms with van der Waals surface area (Å²) in [7, 11) is 0. The monoisotopic (exact) mass is 274 g/mol. The summed E-state index contributed by atoms with van der Waals surface area (Å²) >= 11 is 1.44. The van der Waals surface area contributed by atoms with E-state index < -0.39 is 0 Å². The Morgan fingerprint density at radius 1 is 1.32 bits per heavy atom. The van der Waals surface area contributed by atoms with Crippen LogP contribution in [0.3, 0.4) is 0 Å². The van der Waals surface area contributed by atoms with E-state index in [0.29, 0.717) is 11.4 Å². The number of carbonyl (C=O) groups excluding carboxylic acids is 1. The van der Waals surface area contributed by atoms with Crippen LogP contribution in [-0.4, -0.2) is 21.8 Å². The summed E-state index contributed by atoms with van der Waals surface area (Å²) in [6, 6.07) is 8.79. The number of nitrogens with zero attached hydrogens (tertiary/aromatic N) is 1. The van der Waals surface area contributed by atoms with E-state index in [1.165, 1.54) is 11.8 Å². The largest absolute Gasteiger partial charge is 0.508 e. The van der Waals surface area contributed by atoms with Gasteiger partial charge in [0.1, 0.15) is 5.75 Å².